The first-order chi connectivity index (χ1) is 11.1. The number of fused-ring (bicyclic) bond motifs is 1. The Labute approximate surface area is 133 Å². The summed E-state index contributed by atoms with van der Waals surface area (Å²) >= 11 is 0. The van der Waals surface area contributed by atoms with Gasteiger partial charge in [-0.15, -0.1) is 0 Å². The highest BCUT2D eigenvalue weighted by molar-refractivity contribution is 5.85. The number of aromatic nitrogens is 1. The van der Waals surface area contributed by atoms with Gasteiger partial charge in [0.15, 0.2) is 11.5 Å². The van der Waals surface area contributed by atoms with Crippen molar-refractivity contribution in [1.82, 2.24) is 4.57 Å². The number of nitrogens with two attached hydrogens (primary N) is 1. The molecule has 118 valence electrons. The van der Waals surface area contributed by atoms with Crippen LogP contribution in [-0.4, -0.2) is 18.8 Å². The van der Waals surface area contributed by atoms with Gasteiger partial charge in [0.25, 0.3) is 5.56 Å². The topological polar surface area (TPSA) is 66.5 Å². The van der Waals surface area contributed by atoms with Crippen LogP contribution in [0.25, 0.3) is 10.8 Å². The molecule has 0 radical (unpaired) electrons. The zero-order valence-corrected chi connectivity index (χ0v) is 13.1. The van der Waals surface area contributed by atoms with E-state index in [0.29, 0.717) is 29.1 Å². The lowest BCUT2D eigenvalue weighted by atomic mass is 10.1. The maximum Gasteiger partial charge on any atom is 0.258 e. The first-order valence-electron chi connectivity index (χ1n) is 7.22. The van der Waals surface area contributed by atoms with Crippen LogP contribution < -0.4 is 20.8 Å². The second kappa shape index (κ2) is 6.04. The lowest BCUT2D eigenvalue weighted by molar-refractivity contribution is 0.356. The van der Waals surface area contributed by atoms with Crippen LogP contribution >= 0.6 is 0 Å². The molecule has 0 fully saturated rings. The fraction of sp³-hybridized carbons (Fsp3) is 0.167. The van der Waals surface area contributed by atoms with Gasteiger partial charge in [-0.2, -0.15) is 0 Å². The van der Waals surface area contributed by atoms with E-state index in [4.69, 9.17) is 15.2 Å². The molecule has 3 aromatic rings. The Balaban J connectivity index is 2.09. The van der Waals surface area contributed by atoms with E-state index in [2.05, 4.69) is 0 Å². The molecule has 1 aromatic heterocycles. The van der Waals surface area contributed by atoms with Crippen molar-refractivity contribution in [2.75, 3.05) is 20.0 Å². The smallest absolute Gasteiger partial charge is 0.258 e. The van der Waals surface area contributed by atoms with Crippen LogP contribution in [-0.2, 0) is 6.54 Å². The summed E-state index contributed by atoms with van der Waals surface area (Å²) in [5.41, 5.74) is 7.38. The van der Waals surface area contributed by atoms with Gasteiger partial charge in [-0.3, -0.25) is 4.79 Å². The van der Waals surface area contributed by atoms with E-state index in [1.807, 2.05) is 30.3 Å². The number of ether oxygens (including phenoxy) is 2. The van der Waals surface area contributed by atoms with Gasteiger partial charge >= 0.3 is 0 Å². The largest absolute Gasteiger partial charge is 0.493 e. The molecule has 1 heterocycles. The van der Waals surface area contributed by atoms with Crippen LogP contribution in [0.1, 0.15) is 5.56 Å². The molecule has 5 nitrogen and oxygen atoms in total. The fourth-order valence-corrected chi connectivity index (χ4v) is 2.62. The maximum atomic E-state index is 12.7. The summed E-state index contributed by atoms with van der Waals surface area (Å²) in [5, 5.41) is 1.41. The molecule has 2 aromatic carbocycles. The monoisotopic (exact) mass is 310 g/mol. The van der Waals surface area contributed by atoms with Crippen molar-refractivity contribution >= 4 is 16.5 Å². The first-order valence-corrected chi connectivity index (χ1v) is 7.22. The van der Waals surface area contributed by atoms with Crippen LogP contribution in [0.3, 0.4) is 0 Å². The highest BCUT2D eigenvalue weighted by Gasteiger charge is 2.10. The number of nitrogen functional groups attached to an aromatic ring is 1. The predicted octanol–water partition coefficient (Wildman–Crippen LogP) is 2.65. The number of nitrogens with zero attached hydrogens (tertiary/aromatic N) is 1. The summed E-state index contributed by atoms with van der Waals surface area (Å²) < 4.78 is 12.2. The summed E-state index contributed by atoms with van der Waals surface area (Å²) in [6, 6.07) is 12.9. The molecular formula is C18H18N2O3. The molecule has 2 N–H and O–H groups in total. The summed E-state index contributed by atoms with van der Waals surface area (Å²) in [6.07, 6.45) is 1.78. The van der Waals surface area contributed by atoms with Crippen molar-refractivity contribution in [3.63, 3.8) is 0 Å². The lowest BCUT2D eigenvalue weighted by Gasteiger charge is -2.11. The Morgan fingerprint density at radius 1 is 1.04 bits per heavy atom. The summed E-state index contributed by atoms with van der Waals surface area (Å²) in [7, 11) is 3.13. The summed E-state index contributed by atoms with van der Waals surface area (Å²) in [5.74, 6) is 1.15. The molecular weight excluding hydrogens is 292 g/mol. The van der Waals surface area contributed by atoms with Crippen molar-refractivity contribution in [1.29, 1.82) is 0 Å². The number of methoxy groups -OCH3 is 2. The molecule has 0 saturated heterocycles. The Kier molecular flexibility index (Phi) is 3.93. The third kappa shape index (κ3) is 2.85. The number of rotatable bonds is 4. The Morgan fingerprint density at radius 3 is 2.48 bits per heavy atom. The Hall–Kier alpha value is -2.95. The minimum atomic E-state index is -0.0779. The number of pyridine rings is 1. The highest BCUT2D eigenvalue weighted by atomic mass is 16.5. The predicted molar refractivity (Wildman–Crippen MR) is 91.3 cm³/mol. The summed E-state index contributed by atoms with van der Waals surface area (Å²) in [6.45, 7) is 0.466. The minimum absolute atomic E-state index is 0.0779. The van der Waals surface area contributed by atoms with Gasteiger partial charge in [-0.25, -0.2) is 0 Å². The SMILES string of the molecule is COc1cc2ccn(Cc3cccc(N)c3)c(=O)c2cc1OC. The molecule has 3 rings (SSSR count). The second-order valence-electron chi connectivity index (χ2n) is 5.29. The standard InChI is InChI=1S/C18H18N2O3/c1-22-16-9-13-6-7-20(11-12-4-3-5-14(19)8-12)18(21)15(13)10-17(16)23-2/h3-10H,11,19H2,1-2H3. The first kappa shape index (κ1) is 15.0. The molecule has 0 unspecified atom stereocenters. The van der Waals surface area contributed by atoms with Gasteiger partial charge in [0.05, 0.1) is 26.2 Å². The van der Waals surface area contributed by atoms with E-state index in [1.54, 1.807) is 37.1 Å². The van der Waals surface area contributed by atoms with E-state index in [1.165, 1.54) is 0 Å². The number of hydrogen-bond donors (Lipinski definition) is 1. The van der Waals surface area contributed by atoms with Crippen molar-refractivity contribution < 1.29 is 9.47 Å². The molecule has 0 bridgehead atoms. The zero-order chi connectivity index (χ0) is 16.4. The Morgan fingerprint density at radius 2 is 1.78 bits per heavy atom. The minimum Gasteiger partial charge on any atom is -0.493 e. The third-order valence-electron chi connectivity index (χ3n) is 3.78. The van der Waals surface area contributed by atoms with Crippen molar-refractivity contribution in [2.45, 2.75) is 6.54 Å². The maximum absolute atomic E-state index is 12.7. The van der Waals surface area contributed by atoms with E-state index >= 15 is 0 Å². The van der Waals surface area contributed by atoms with Gasteiger partial charge in [-0.05, 0) is 41.3 Å². The van der Waals surface area contributed by atoms with Gasteiger partial charge in [0.1, 0.15) is 0 Å². The number of anilines is 1. The molecule has 0 aliphatic rings. The van der Waals surface area contributed by atoms with Crippen LogP contribution in [0.15, 0.2) is 53.5 Å². The van der Waals surface area contributed by atoms with E-state index in [0.717, 1.165) is 10.9 Å². The molecule has 0 saturated carbocycles. The normalized spacial score (nSPS) is 10.7. The Bertz CT molecular complexity index is 916. The van der Waals surface area contributed by atoms with Gasteiger partial charge in [0.2, 0.25) is 0 Å². The highest BCUT2D eigenvalue weighted by Crippen LogP contribution is 2.30. The molecule has 0 spiro atoms. The zero-order valence-electron chi connectivity index (χ0n) is 13.1. The number of benzene rings is 2. The molecule has 0 aliphatic carbocycles. The van der Waals surface area contributed by atoms with Crippen LogP contribution in [0.2, 0.25) is 0 Å². The van der Waals surface area contributed by atoms with Crippen molar-refractivity contribution in [3.8, 4) is 11.5 Å². The fourth-order valence-electron chi connectivity index (χ4n) is 2.62. The van der Waals surface area contributed by atoms with Crippen LogP contribution in [0.4, 0.5) is 5.69 Å². The average Bonchev–Trinajstić information content (AvgIpc) is 2.56. The van der Waals surface area contributed by atoms with Gasteiger partial charge < -0.3 is 19.8 Å². The van der Waals surface area contributed by atoms with Crippen LogP contribution in [0, 0.1) is 0 Å². The van der Waals surface area contributed by atoms with E-state index in [-0.39, 0.29) is 5.56 Å². The summed E-state index contributed by atoms with van der Waals surface area (Å²) in [4.78, 5) is 12.7. The van der Waals surface area contributed by atoms with Crippen molar-refractivity contribution in [3.05, 3.63) is 64.6 Å². The second-order valence-corrected chi connectivity index (χ2v) is 5.29. The number of hydrogen-bond acceptors (Lipinski definition) is 4. The van der Waals surface area contributed by atoms with Crippen molar-refractivity contribution in [2.24, 2.45) is 0 Å². The molecule has 0 aliphatic heterocycles. The molecule has 23 heavy (non-hydrogen) atoms. The van der Waals surface area contributed by atoms with Gasteiger partial charge in [0, 0.05) is 11.9 Å². The third-order valence-corrected chi connectivity index (χ3v) is 3.78. The molecule has 0 amide bonds. The van der Waals surface area contributed by atoms with E-state index < -0.39 is 0 Å². The average molecular weight is 310 g/mol. The molecule has 0 atom stereocenters. The molecule has 5 heteroatoms. The van der Waals surface area contributed by atoms with Crippen LogP contribution in [0.5, 0.6) is 11.5 Å². The quantitative estimate of drug-likeness (QED) is 0.752. The lowest BCUT2D eigenvalue weighted by Crippen LogP contribution is -2.20. The van der Waals surface area contributed by atoms with E-state index in [9.17, 15) is 4.79 Å². The van der Waals surface area contributed by atoms with Gasteiger partial charge in [-0.1, -0.05) is 12.1 Å².